The van der Waals surface area contributed by atoms with Crippen molar-refractivity contribution < 1.29 is 9.53 Å². The van der Waals surface area contributed by atoms with Gasteiger partial charge in [-0.2, -0.15) is 9.61 Å². The summed E-state index contributed by atoms with van der Waals surface area (Å²) in [5.41, 5.74) is 0.394. The Morgan fingerprint density at radius 2 is 2.17 bits per heavy atom. The fourth-order valence-corrected chi connectivity index (χ4v) is 3.53. The van der Waals surface area contributed by atoms with E-state index in [9.17, 15) is 9.59 Å². The van der Waals surface area contributed by atoms with E-state index in [0.29, 0.717) is 15.7 Å². The van der Waals surface area contributed by atoms with Crippen molar-refractivity contribution in [3.05, 3.63) is 55.1 Å². The number of thiophene rings is 1. The van der Waals surface area contributed by atoms with Crippen LogP contribution >= 0.6 is 22.7 Å². The molecule has 6 nitrogen and oxygen atoms in total. The molecule has 0 atom stereocenters. The van der Waals surface area contributed by atoms with Crippen LogP contribution in [0.5, 0.6) is 0 Å². The largest absolute Gasteiger partial charge is 0.455 e. The maximum absolute atomic E-state index is 11.8. The number of esters is 1. The third-order valence-electron chi connectivity index (χ3n) is 2.90. The Hall–Kier alpha value is -2.32. The molecule has 0 aromatic carbocycles. The number of aryl methyl sites for hydroxylation is 2. The van der Waals surface area contributed by atoms with Gasteiger partial charge in [-0.15, -0.1) is 11.3 Å². The zero-order valence-corrected chi connectivity index (χ0v) is 14.1. The molecule has 0 aliphatic rings. The minimum absolute atomic E-state index is 0.0131. The third kappa shape index (κ3) is 3.72. The number of hydrogen-bond donors (Lipinski definition) is 0. The van der Waals surface area contributed by atoms with Gasteiger partial charge in [-0.1, -0.05) is 11.3 Å². The van der Waals surface area contributed by atoms with Gasteiger partial charge in [-0.25, -0.2) is 9.78 Å². The SMILES string of the molecule is Cc1cc(=O)n2nc(COC(=O)/C=C/c3ccc(C)s3)sc2n1. The Morgan fingerprint density at radius 3 is 2.91 bits per heavy atom. The first-order chi connectivity index (χ1) is 11.0. The summed E-state index contributed by atoms with van der Waals surface area (Å²) in [6.45, 7) is 3.77. The van der Waals surface area contributed by atoms with Crippen molar-refractivity contribution in [2.75, 3.05) is 0 Å². The molecule has 0 bridgehead atoms. The van der Waals surface area contributed by atoms with Gasteiger partial charge in [0.1, 0.15) is 6.61 Å². The standard InChI is InChI=1S/C15H13N3O3S2/c1-9-7-13(19)18-15(16-9)23-12(17-18)8-21-14(20)6-5-11-4-3-10(2)22-11/h3-7H,8H2,1-2H3/b6-5+. The fourth-order valence-electron chi connectivity index (χ4n) is 1.89. The van der Waals surface area contributed by atoms with Crippen molar-refractivity contribution in [2.45, 2.75) is 20.5 Å². The van der Waals surface area contributed by atoms with Crippen molar-refractivity contribution in [3.63, 3.8) is 0 Å². The van der Waals surface area contributed by atoms with E-state index in [-0.39, 0.29) is 12.2 Å². The molecule has 118 valence electrons. The van der Waals surface area contributed by atoms with Gasteiger partial charge in [0.25, 0.3) is 5.56 Å². The van der Waals surface area contributed by atoms with Crippen LogP contribution in [-0.4, -0.2) is 20.6 Å². The van der Waals surface area contributed by atoms with Crippen molar-refractivity contribution in [1.29, 1.82) is 0 Å². The predicted molar refractivity (Wildman–Crippen MR) is 89.8 cm³/mol. The maximum atomic E-state index is 11.8. The molecule has 0 aliphatic heterocycles. The lowest BCUT2D eigenvalue weighted by molar-refractivity contribution is -0.138. The number of carbonyl (C=O) groups excluding carboxylic acids is 1. The average Bonchev–Trinajstić information content (AvgIpc) is 3.09. The summed E-state index contributed by atoms with van der Waals surface area (Å²) >= 11 is 2.83. The Morgan fingerprint density at radius 1 is 1.35 bits per heavy atom. The topological polar surface area (TPSA) is 73.6 Å². The van der Waals surface area contributed by atoms with Gasteiger partial charge in [0, 0.05) is 27.6 Å². The molecule has 3 heterocycles. The zero-order chi connectivity index (χ0) is 16.4. The zero-order valence-electron chi connectivity index (χ0n) is 12.5. The molecule has 0 fully saturated rings. The van der Waals surface area contributed by atoms with Gasteiger partial charge in [0.2, 0.25) is 4.96 Å². The van der Waals surface area contributed by atoms with Crippen LogP contribution in [0.15, 0.2) is 29.1 Å². The van der Waals surface area contributed by atoms with Crippen LogP contribution in [0, 0.1) is 13.8 Å². The second kappa shape index (κ2) is 6.43. The Balaban J connectivity index is 1.66. The summed E-state index contributed by atoms with van der Waals surface area (Å²) in [5, 5.41) is 4.63. The minimum atomic E-state index is -0.452. The number of rotatable bonds is 4. The van der Waals surface area contributed by atoms with Crippen LogP contribution in [0.1, 0.15) is 20.5 Å². The quantitative estimate of drug-likeness (QED) is 0.536. The number of nitrogens with zero attached hydrogens (tertiary/aromatic N) is 3. The normalized spacial score (nSPS) is 11.4. The highest BCUT2D eigenvalue weighted by atomic mass is 32.1. The van der Waals surface area contributed by atoms with Crippen LogP contribution in [0.3, 0.4) is 0 Å². The number of hydrogen-bond acceptors (Lipinski definition) is 7. The molecule has 23 heavy (non-hydrogen) atoms. The van der Waals surface area contributed by atoms with E-state index in [2.05, 4.69) is 10.1 Å². The Labute approximate surface area is 139 Å². The van der Waals surface area contributed by atoms with E-state index < -0.39 is 5.97 Å². The summed E-state index contributed by atoms with van der Waals surface area (Å²) in [4.78, 5) is 30.4. The van der Waals surface area contributed by atoms with Crippen molar-refractivity contribution in [2.24, 2.45) is 0 Å². The smallest absolute Gasteiger partial charge is 0.331 e. The van der Waals surface area contributed by atoms with Crippen molar-refractivity contribution in [3.8, 4) is 0 Å². The first-order valence-corrected chi connectivity index (χ1v) is 8.42. The minimum Gasteiger partial charge on any atom is -0.455 e. The van der Waals surface area contributed by atoms with Crippen molar-refractivity contribution >= 4 is 39.7 Å². The van der Waals surface area contributed by atoms with Gasteiger partial charge >= 0.3 is 5.97 Å². The van der Waals surface area contributed by atoms with Gasteiger partial charge in [0.15, 0.2) is 5.01 Å². The molecular weight excluding hydrogens is 334 g/mol. The Bertz CT molecular complexity index is 952. The molecular formula is C15H13N3O3S2. The fraction of sp³-hybridized carbons (Fsp3) is 0.200. The van der Waals surface area contributed by atoms with E-state index in [1.165, 1.54) is 32.9 Å². The predicted octanol–water partition coefficient (Wildman–Crippen LogP) is 2.59. The molecule has 3 rings (SSSR count). The van der Waals surface area contributed by atoms with Crippen LogP contribution in [0.4, 0.5) is 0 Å². The highest BCUT2D eigenvalue weighted by Gasteiger charge is 2.09. The average molecular weight is 347 g/mol. The maximum Gasteiger partial charge on any atom is 0.331 e. The van der Waals surface area contributed by atoms with Crippen LogP contribution in [0.2, 0.25) is 0 Å². The molecule has 0 saturated carbocycles. The van der Waals surface area contributed by atoms with E-state index >= 15 is 0 Å². The molecule has 0 saturated heterocycles. The first kappa shape index (κ1) is 15.6. The van der Waals surface area contributed by atoms with Gasteiger partial charge in [-0.05, 0) is 32.1 Å². The lowest BCUT2D eigenvalue weighted by Crippen LogP contribution is -2.14. The van der Waals surface area contributed by atoms with Crippen LogP contribution in [-0.2, 0) is 16.1 Å². The summed E-state index contributed by atoms with van der Waals surface area (Å²) < 4.78 is 6.35. The highest BCUT2D eigenvalue weighted by Crippen LogP contribution is 2.16. The summed E-state index contributed by atoms with van der Waals surface area (Å²) in [6.07, 6.45) is 3.10. The number of aromatic nitrogens is 3. The summed E-state index contributed by atoms with van der Waals surface area (Å²) in [5.74, 6) is -0.452. The molecule has 0 spiro atoms. The van der Waals surface area contributed by atoms with Crippen molar-refractivity contribution in [1.82, 2.24) is 14.6 Å². The first-order valence-electron chi connectivity index (χ1n) is 6.79. The second-order valence-corrected chi connectivity index (χ2v) is 7.18. The molecule has 0 N–H and O–H groups in total. The highest BCUT2D eigenvalue weighted by molar-refractivity contribution is 7.16. The van der Waals surface area contributed by atoms with E-state index in [1.807, 2.05) is 19.1 Å². The second-order valence-electron chi connectivity index (χ2n) is 4.82. The lowest BCUT2D eigenvalue weighted by Gasteiger charge is -1.96. The van der Waals surface area contributed by atoms with E-state index in [4.69, 9.17) is 4.74 Å². The van der Waals surface area contributed by atoms with Crippen LogP contribution < -0.4 is 5.56 Å². The number of carbonyl (C=O) groups is 1. The van der Waals surface area contributed by atoms with E-state index in [1.54, 1.807) is 24.3 Å². The molecule has 3 aromatic heterocycles. The van der Waals surface area contributed by atoms with Crippen LogP contribution in [0.25, 0.3) is 11.0 Å². The Kier molecular flexibility index (Phi) is 4.35. The molecule has 8 heteroatoms. The molecule has 0 aliphatic carbocycles. The van der Waals surface area contributed by atoms with Gasteiger partial charge in [0.05, 0.1) is 0 Å². The molecule has 0 radical (unpaired) electrons. The molecule has 0 amide bonds. The number of ether oxygens (including phenoxy) is 1. The van der Waals surface area contributed by atoms with E-state index in [0.717, 1.165) is 4.88 Å². The van der Waals surface area contributed by atoms with Gasteiger partial charge < -0.3 is 4.74 Å². The monoisotopic (exact) mass is 347 g/mol. The number of fused-ring (bicyclic) bond motifs is 1. The van der Waals surface area contributed by atoms with Gasteiger partial charge in [-0.3, -0.25) is 4.79 Å². The summed E-state index contributed by atoms with van der Waals surface area (Å²) in [7, 11) is 0. The summed E-state index contributed by atoms with van der Waals surface area (Å²) in [6, 6.07) is 5.34. The third-order valence-corrected chi connectivity index (χ3v) is 4.75. The molecule has 3 aromatic rings. The molecule has 0 unspecified atom stereocenters. The lowest BCUT2D eigenvalue weighted by atomic mass is 10.4.